The Hall–Kier alpha value is -3.67. The van der Waals surface area contributed by atoms with Gasteiger partial charge in [-0.05, 0) is 30.2 Å². The van der Waals surface area contributed by atoms with E-state index < -0.39 is 18.1 Å². The molecule has 0 bridgehead atoms. The number of para-hydroxylation sites is 1. The number of fused-ring (bicyclic) bond motifs is 2. The summed E-state index contributed by atoms with van der Waals surface area (Å²) in [4.78, 5) is 42.2. The maximum atomic E-state index is 12.8. The van der Waals surface area contributed by atoms with Crippen molar-refractivity contribution in [3.05, 3.63) is 77.6 Å². The van der Waals surface area contributed by atoms with Crippen molar-refractivity contribution in [2.75, 3.05) is 0 Å². The number of H-pyrrole nitrogens is 1. The number of carbonyl (C=O) groups is 3. The van der Waals surface area contributed by atoms with E-state index >= 15 is 0 Å². The molecule has 1 N–H and O–H groups in total. The first kappa shape index (κ1) is 19.6. The number of aromatic amines is 1. The van der Waals surface area contributed by atoms with Gasteiger partial charge in [0.2, 0.25) is 11.7 Å². The highest BCUT2D eigenvalue weighted by molar-refractivity contribution is 6.10. The summed E-state index contributed by atoms with van der Waals surface area (Å²) in [6.45, 7) is 3.03. The van der Waals surface area contributed by atoms with Gasteiger partial charge in [-0.3, -0.25) is 14.4 Å². The average molecular weight is 402 g/mol. The molecule has 0 radical (unpaired) electrons. The van der Waals surface area contributed by atoms with Crippen molar-refractivity contribution in [2.24, 2.45) is 0 Å². The molecule has 0 unspecified atom stereocenters. The van der Waals surface area contributed by atoms with Crippen LogP contribution in [0.2, 0.25) is 0 Å². The van der Waals surface area contributed by atoms with E-state index in [4.69, 9.17) is 4.74 Å². The lowest BCUT2D eigenvalue weighted by Gasteiger charge is -2.32. The van der Waals surface area contributed by atoms with Crippen LogP contribution in [0, 0.1) is 0 Å². The number of amides is 1. The molecule has 1 amide bonds. The second-order valence-electron chi connectivity index (χ2n) is 7.34. The van der Waals surface area contributed by atoms with Gasteiger partial charge in [-0.1, -0.05) is 42.5 Å². The number of Topliss-reactive ketones (excluding diaryl/α,β-unsaturated/α-hetero) is 1. The molecule has 0 saturated carbocycles. The molecule has 0 spiro atoms. The molecular formula is C24H22N2O4. The molecule has 0 fully saturated rings. The number of nitrogens with one attached hydrogen (secondary N) is 1. The van der Waals surface area contributed by atoms with Gasteiger partial charge < -0.3 is 14.6 Å². The summed E-state index contributed by atoms with van der Waals surface area (Å²) >= 11 is 0. The van der Waals surface area contributed by atoms with E-state index in [-0.39, 0.29) is 18.1 Å². The Morgan fingerprint density at radius 3 is 2.63 bits per heavy atom. The molecule has 0 aliphatic carbocycles. The van der Waals surface area contributed by atoms with Crippen LogP contribution < -0.4 is 0 Å². The van der Waals surface area contributed by atoms with Gasteiger partial charge in [-0.15, -0.1) is 0 Å². The summed E-state index contributed by atoms with van der Waals surface area (Å²) in [6.07, 6.45) is 4.20. The van der Waals surface area contributed by atoms with Crippen molar-refractivity contribution < 1.29 is 19.1 Å². The van der Waals surface area contributed by atoms with Gasteiger partial charge in [0.25, 0.3) is 0 Å². The highest BCUT2D eigenvalue weighted by Gasteiger charge is 2.30. The topological polar surface area (TPSA) is 79.5 Å². The molecule has 6 heteroatoms. The molecule has 30 heavy (non-hydrogen) atoms. The molecule has 3 aromatic rings. The minimum absolute atomic E-state index is 0.0353. The Morgan fingerprint density at radius 1 is 1.10 bits per heavy atom. The minimum atomic E-state index is -0.933. The molecule has 0 saturated heterocycles. The molecule has 1 aromatic heterocycles. The zero-order chi connectivity index (χ0) is 21.3. The molecular weight excluding hydrogens is 380 g/mol. The Labute approximate surface area is 174 Å². The molecule has 6 nitrogen and oxygen atoms in total. The summed E-state index contributed by atoms with van der Waals surface area (Å²) in [5.41, 5.74) is 3.17. The molecule has 2 heterocycles. The van der Waals surface area contributed by atoms with Crippen molar-refractivity contribution in [1.29, 1.82) is 0 Å². The highest BCUT2D eigenvalue weighted by Crippen LogP contribution is 2.33. The summed E-state index contributed by atoms with van der Waals surface area (Å²) in [6, 6.07) is 14.6. The molecule has 1 aliphatic rings. The summed E-state index contributed by atoms with van der Waals surface area (Å²) < 4.78 is 5.47. The van der Waals surface area contributed by atoms with E-state index in [1.165, 1.54) is 11.8 Å². The first-order chi connectivity index (χ1) is 14.5. The number of esters is 1. The van der Waals surface area contributed by atoms with Crippen LogP contribution in [0.25, 0.3) is 17.0 Å². The lowest BCUT2D eigenvalue weighted by atomic mass is 9.94. The largest absolute Gasteiger partial charge is 0.454 e. The van der Waals surface area contributed by atoms with Crippen LogP contribution >= 0.6 is 0 Å². The number of carbonyl (C=O) groups excluding carboxylic acids is 3. The van der Waals surface area contributed by atoms with Gasteiger partial charge in [0, 0.05) is 35.8 Å². The fraction of sp³-hybridized carbons (Fsp3) is 0.208. The first-order valence-electron chi connectivity index (χ1n) is 9.81. The second-order valence-corrected chi connectivity index (χ2v) is 7.34. The van der Waals surface area contributed by atoms with Gasteiger partial charge in [0.05, 0.1) is 12.5 Å². The quantitative estimate of drug-likeness (QED) is 0.511. The number of hydrogen-bond acceptors (Lipinski definition) is 4. The molecule has 152 valence electrons. The number of ether oxygens (including phenoxy) is 1. The van der Waals surface area contributed by atoms with Crippen molar-refractivity contribution in [1.82, 2.24) is 9.88 Å². The molecule has 1 aliphatic heterocycles. The van der Waals surface area contributed by atoms with Gasteiger partial charge in [0.15, 0.2) is 6.10 Å². The van der Waals surface area contributed by atoms with Crippen LogP contribution in [0.5, 0.6) is 0 Å². The summed E-state index contributed by atoms with van der Waals surface area (Å²) in [7, 11) is 0. The summed E-state index contributed by atoms with van der Waals surface area (Å²) in [5.74, 6) is -0.966. The SMILES string of the molecule is CC(=O)N1C=Cc2ccccc2[C@H]1CC(=O)O[C@@H](C)C(=O)c1c[nH]c2ccccc12. The summed E-state index contributed by atoms with van der Waals surface area (Å²) in [5, 5.41) is 0.791. The van der Waals surface area contributed by atoms with E-state index in [2.05, 4.69) is 4.98 Å². The van der Waals surface area contributed by atoms with Crippen LogP contribution in [0.3, 0.4) is 0 Å². The zero-order valence-electron chi connectivity index (χ0n) is 16.8. The second kappa shape index (κ2) is 7.99. The number of ketones is 1. The lowest BCUT2D eigenvalue weighted by Crippen LogP contribution is -2.33. The van der Waals surface area contributed by atoms with Crippen LogP contribution in [0.1, 0.15) is 47.8 Å². The fourth-order valence-corrected chi connectivity index (χ4v) is 3.86. The number of aromatic nitrogens is 1. The predicted octanol–water partition coefficient (Wildman–Crippen LogP) is 4.25. The smallest absolute Gasteiger partial charge is 0.308 e. The maximum absolute atomic E-state index is 12.8. The van der Waals surface area contributed by atoms with Crippen molar-refractivity contribution in [3.8, 4) is 0 Å². The molecule has 4 rings (SSSR count). The van der Waals surface area contributed by atoms with Crippen molar-refractivity contribution in [2.45, 2.75) is 32.4 Å². The third kappa shape index (κ3) is 3.64. The zero-order valence-corrected chi connectivity index (χ0v) is 16.8. The Bertz CT molecular complexity index is 1160. The Balaban J connectivity index is 1.50. The minimum Gasteiger partial charge on any atom is -0.454 e. The standard InChI is InChI=1S/C24H22N2O4/c1-15(24(29)20-14-25-21-10-6-5-9-19(20)21)30-23(28)13-22-18-8-4-3-7-17(18)11-12-26(22)16(2)27/h3-12,14-15,22,25H,13H2,1-2H3/t15-,22+/m0/s1. The number of nitrogens with zero attached hydrogens (tertiary/aromatic N) is 1. The average Bonchev–Trinajstić information content (AvgIpc) is 3.17. The van der Waals surface area contributed by atoms with Crippen molar-refractivity contribution >= 4 is 34.6 Å². The molecule has 2 atom stereocenters. The Kier molecular flexibility index (Phi) is 5.23. The van der Waals surface area contributed by atoms with E-state index in [9.17, 15) is 14.4 Å². The van der Waals surface area contributed by atoms with E-state index in [1.54, 1.807) is 19.3 Å². The van der Waals surface area contributed by atoms with Crippen LogP contribution in [-0.4, -0.2) is 33.6 Å². The number of hydrogen-bond donors (Lipinski definition) is 1. The van der Waals surface area contributed by atoms with E-state index in [1.807, 2.05) is 54.6 Å². The van der Waals surface area contributed by atoms with Crippen LogP contribution in [0.4, 0.5) is 0 Å². The fourth-order valence-electron chi connectivity index (χ4n) is 3.86. The van der Waals surface area contributed by atoms with Gasteiger partial charge in [-0.25, -0.2) is 0 Å². The normalized spacial score (nSPS) is 16.2. The van der Waals surface area contributed by atoms with Crippen molar-refractivity contribution in [3.63, 3.8) is 0 Å². The molecule has 2 aromatic carbocycles. The monoisotopic (exact) mass is 402 g/mol. The van der Waals surface area contributed by atoms with E-state index in [0.717, 1.165) is 22.0 Å². The van der Waals surface area contributed by atoms with Crippen LogP contribution in [0.15, 0.2) is 60.9 Å². The number of rotatable bonds is 5. The maximum Gasteiger partial charge on any atom is 0.308 e. The van der Waals surface area contributed by atoms with Gasteiger partial charge in [0.1, 0.15) is 0 Å². The number of benzene rings is 2. The lowest BCUT2D eigenvalue weighted by molar-refractivity contribution is -0.148. The highest BCUT2D eigenvalue weighted by atomic mass is 16.5. The third-order valence-corrected chi connectivity index (χ3v) is 5.36. The van der Waals surface area contributed by atoms with E-state index in [0.29, 0.717) is 5.56 Å². The van der Waals surface area contributed by atoms with Crippen LogP contribution in [-0.2, 0) is 14.3 Å². The predicted molar refractivity (Wildman–Crippen MR) is 114 cm³/mol. The Morgan fingerprint density at radius 2 is 1.83 bits per heavy atom. The third-order valence-electron chi connectivity index (χ3n) is 5.36. The van der Waals surface area contributed by atoms with Gasteiger partial charge >= 0.3 is 5.97 Å². The van der Waals surface area contributed by atoms with Gasteiger partial charge in [-0.2, -0.15) is 0 Å². The first-order valence-corrected chi connectivity index (χ1v) is 9.81.